The first-order valence-electron chi connectivity index (χ1n) is 7.06. The van der Waals surface area contributed by atoms with Crippen LogP contribution in [0.3, 0.4) is 0 Å². The fourth-order valence-electron chi connectivity index (χ4n) is 2.68. The Morgan fingerprint density at radius 2 is 2.04 bits per heavy atom. The molecule has 0 bridgehead atoms. The minimum absolute atomic E-state index is 0.300. The van der Waals surface area contributed by atoms with Crippen LogP contribution < -0.4 is 4.72 Å². The van der Waals surface area contributed by atoms with Gasteiger partial charge in [-0.05, 0) is 29.7 Å². The van der Waals surface area contributed by atoms with E-state index in [2.05, 4.69) is 9.82 Å². The van der Waals surface area contributed by atoms with Crippen molar-refractivity contribution in [2.75, 3.05) is 4.72 Å². The quantitative estimate of drug-likeness (QED) is 0.868. The number of nitrogens with zero attached hydrogens (tertiary/aromatic N) is 2. The minimum atomic E-state index is -4.49. The molecule has 0 amide bonds. The van der Waals surface area contributed by atoms with Crippen LogP contribution in [0.2, 0.25) is 0 Å². The Labute approximate surface area is 136 Å². The van der Waals surface area contributed by atoms with Crippen LogP contribution >= 0.6 is 0 Å². The maximum atomic E-state index is 12.3. The average molecular weight is 361 g/mol. The van der Waals surface area contributed by atoms with Crippen LogP contribution in [0.4, 0.5) is 18.9 Å². The molecule has 130 valence electrons. The molecular weight excluding hydrogens is 347 g/mol. The second-order valence-corrected chi connectivity index (χ2v) is 7.21. The largest absolute Gasteiger partial charge is 0.408 e. The third-order valence-electron chi connectivity index (χ3n) is 3.65. The second kappa shape index (κ2) is 5.78. The number of benzene rings is 1. The molecule has 0 saturated heterocycles. The molecule has 1 unspecified atom stereocenters. The standard InChI is InChI=1S/C14H14F3N3O3S/c15-14(16,17)8-20-5-4-13(18-20)24(22,23)19-12-3-1-2-9-6-10(21)7-11(9)12/h1-5,10,19,21H,6-8H2. The molecule has 1 aliphatic carbocycles. The number of sulfonamides is 1. The number of hydrogen-bond acceptors (Lipinski definition) is 4. The number of anilines is 1. The predicted molar refractivity (Wildman–Crippen MR) is 78.9 cm³/mol. The Morgan fingerprint density at radius 1 is 1.29 bits per heavy atom. The van der Waals surface area contributed by atoms with Gasteiger partial charge >= 0.3 is 6.18 Å². The van der Waals surface area contributed by atoms with Crippen molar-refractivity contribution in [3.8, 4) is 0 Å². The smallest absolute Gasteiger partial charge is 0.392 e. The third-order valence-corrected chi connectivity index (χ3v) is 4.90. The van der Waals surface area contributed by atoms with Gasteiger partial charge in [0.15, 0.2) is 5.03 Å². The van der Waals surface area contributed by atoms with Gasteiger partial charge < -0.3 is 5.11 Å². The topological polar surface area (TPSA) is 84.2 Å². The number of nitrogens with one attached hydrogen (secondary N) is 1. The number of alkyl halides is 3. The average Bonchev–Trinajstić information content (AvgIpc) is 3.03. The van der Waals surface area contributed by atoms with E-state index in [0.29, 0.717) is 28.8 Å². The molecule has 24 heavy (non-hydrogen) atoms. The summed E-state index contributed by atoms with van der Waals surface area (Å²) in [6.07, 6.45) is -3.35. The van der Waals surface area contributed by atoms with Gasteiger partial charge in [0.05, 0.1) is 11.8 Å². The Balaban J connectivity index is 1.84. The van der Waals surface area contributed by atoms with Crippen molar-refractivity contribution in [3.05, 3.63) is 41.6 Å². The molecule has 1 aliphatic rings. The first-order valence-corrected chi connectivity index (χ1v) is 8.54. The van der Waals surface area contributed by atoms with Crippen LogP contribution in [0, 0.1) is 0 Å². The van der Waals surface area contributed by atoms with Crippen LogP contribution in [0.5, 0.6) is 0 Å². The molecule has 6 nitrogen and oxygen atoms in total. The van der Waals surface area contributed by atoms with Gasteiger partial charge in [0.2, 0.25) is 0 Å². The summed E-state index contributed by atoms with van der Waals surface area (Å²) in [6.45, 7) is -1.37. The molecule has 10 heteroatoms. The lowest BCUT2D eigenvalue weighted by Crippen LogP contribution is -2.19. The van der Waals surface area contributed by atoms with E-state index in [-0.39, 0.29) is 0 Å². The lowest BCUT2D eigenvalue weighted by atomic mass is 10.1. The summed E-state index contributed by atoms with van der Waals surface area (Å²) >= 11 is 0. The van der Waals surface area contributed by atoms with Gasteiger partial charge in [-0.15, -0.1) is 0 Å². The van der Waals surface area contributed by atoms with Gasteiger partial charge in [-0.1, -0.05) is 12.1 Å². The molecule has 1 aromatic heterocycles. The molecule has 1 heterocycles. The summed E-state index contributed by atoms with van der Waals surface area (Å²) in [5, 5.41) is 12.7. The zero-order chi connectivity index (χ0) is 17.5. The number of fused-ring (bicyclic) bond motifs is 1. The van der Waals surface area contributed by atoms with E-state index in [1.165, 1.54) is 0 Å². The summed E-state index contributed by atoms with van der Waals surface area (Å²) in [7, 11) is -4.12. The summed E-state index contributed by atoms with van der Waals surface area (Å²) in [5.74, 6) is 0. The van der Waals surface area contributed by atoms with E-state index in [4.69, 9.17) is 0 Å². The summed E-state index contributed by atoms with van der Waals surface area (Å²) in [5.41, 5.74) is 1.82. The molecule has 0 aliphatic heterocycles. The van der Waals surface area contributed by atoms with E-state index >= 15 is 0 Å². The normalized spacial score (nSPS) is 17.8. The van der Waals surface area contributed by atoms with Gasteiger partial charge in [0.1, 0.15) is 6.54 Å². The fraction of sp³-hybridized carbons (Fsp3) is 0.357. The maximum Gasteiger partial charge on any atom is 0.408 e. The van der Waals surface area contributed by atoms with Crippen molar-refractivity contribution < 1.29 is 26.7 Å². The van der Waals surface area contributed by atoms with Crippen molar-refractivity contribution in [2.24, 2.45) is 0 Å². The monoisotopic (exact) mass is 361 g/mol. The summed E-state index contributed by atoms with van der Waals surface area (Å²) in [6, 6.07) is 5.99. The van der Waals surface area contributed by atoms with E-state index in [0.717, 1.165) is 17.8 Å². The Morgan fingerprint density at radius 3 is 2.75 bits per heavy atom. The van der Waals surface area contributed by atoms with Gasteiger partial charge in [-0.2, -0.15) is 26.7 Å². The van der Waals surface area contributed by atoms with E-state index in [1.54, 1.807) is 18.2 Å². The van der Waals surface area contributed by atoms with Crippen molar-refractivity contribution >= 4 is 15.7 Å². The number of halogens is 3. The highest BCUT2D eigenvalue weighted by Crippen LogP contribution is 2.30. The highest BCUT2D eigenvalue weighted by Gasteiger charge is 2.30. The molecule has 0 saturated carbocycles. The molecule has 1 aromatic carbocycles. The number of aromatic nitrogens is 2. The molecule has 0 fully saturated rings. The zero-order valence-electron chi connectivity index (χ0n) is 12.3. The van der Waals surface area contributed by atoms with Gasteiger partial charge in [-0.3, -0.25) is 9.40 Å². The van der Waals surface area contributed by atoms with Crippen LogP contribution in [-0.4, -0.2) is 35.6 Å². The van der Waals surface area contributed by atoms with E-state index in [1.807, 2.05) is 0 Å². The van der Waals surface area contributed by atoms with Gasteiger partial charge in [0.25, 0.3) is 10.0 Å². The highest BCUT2D eigenvalue weighted by molar-refractivity contribution is 7.92. The van der Waals surface area contributed by atoms with Gasteiger partial charge in [0, 0.05) is 12.6 Å². The molecule has 3 rings (SSSR count). The van der Waals surface area contributed by atoms with Gasteiger partial charge in [-0.25, -0.2) is 0 Å². The maximum absolute atomic E-state index is 12.3. The molecule has 0 radical (unpaired) electrons. The Bertz CT molecular complexity index is 862. The van der Waals surface area contributed by atoms with Crippen molar-refractivity contribution in [2.45, 2.75) is 36.7 Å². The van der Waals surface area contributed by atoms with E-state index < -0.39 is 33.9 Å². The lowest BCUT2D eigenvalue weighted by Gasteiger charge is -2.10. The molecular formula is C14H14F3N3O3S. The number of hydrogen-bond donors (Lipinski definition) is 2. The number of aliphatic hydroxyl groups excluding tert-OH is 1. The highest BCUT2D eigenvalue weighted by atomic mass is 32.2. The van der Waals surface area contributed by atoms with E-state index in [9.17, 15) is 26.7 Å². The lowest BCUT2D eigenvalue weighted by molar-refractivity contribution is -0.142. The number of rotatable bonds is 4. The van der Waals surface area contributed by atoms with Crippen molar-refractivity contribution in [1.82, 2.24) is 9.78 Å². The second-order valence-electron chi connectivity index (χ2n) is 5.58. The van der Waals surface area contributed by atoms with Crippen LogP contribution in [-0.2, 0) is 29.4 Å². The SMILES string of the molecule is O=S(=O)(Nc1cccc2c1CC(O)C2)c1ccn(CC(F)(F)F)n1. The van der Waals surface area contributed by atoms with Crippen LogP contribution in [0.25, 0.3) is 0 Å². The Hall–Kier alpha value is -2.07. The first kappa shape index (κ1) is 16.8. The Kier molecular flexibility index (Phi) is 4.04. The van der Waals surface area contributed by atoms with Crippen molar-refractivity contribution in [1.29, 1.82) is 0 Å². The predicted octanol–water partition coefficient (Wildman–Crippen LogP) is 1.71. The van der Waals surface area contributed by atoms with Crippen LogP contribution in [0.15, 0.2) is 35.5 Å². The molecule has 2 N–H and O–H groups in total. The van der Waals surface area contributed by atoms with Crippen LogP contribution in [0.1, 0.15) is 11.1 Å². The minimum Gasteiger partial charge on any atom is -0.392 e. The molecule has 1 atom stereocenters. The fourth-order valence-corrected chi connectivity index (χ4v) is 3.72. The third kappa shape index (κ3) is 3.54. The summed E-state index contributed by atoms with van der Waals surface area (Å²) < 4.78 is 64.5. The molecule has 2 aromatic rings. The zero-order valence-corrected chi connectivity index (χ0v) is 13.1. The molecule has 0 spiro atoms. The first-order chi connectivity index (χ1) is 11.1. The van der Waals surface area contributed by atoms with Crippen molar-refractivity contribution in [3.63, 3.8) is 0 Å². The summed E-state index contributed by atoms with van der Waals surface area (Å²) in [4.78, 5) is 0. The number of aliphatic hydroxyl groups is 1.